The van der Waals surface area contributed by atoms with E-state index in [-0.39, 0.29) is 11.8 Å². The first-order chi connectivity index (χ1) is 15.7. The molecule has 3 rings (SSSR count). The molecule has 0 bridgehead atoms. The van der Waals surface area contributed by atoms with Gasteiger partial charge in [0.1, 0.15) is 5.75 Å². The zero-order valence-corrected chi connectivity index (χ0v) is 19.8. The maximum absolute atomic E-state index is 12.6. The van der Waals surface area contributed by atoms with Crippen LogP contribution in [0.3, 0.4) is 0 Å². The minimum atomic E-state index is -0.321. The van der Waals surface area contributed by atoms with Gasteiger partial charge in [-0.1, -0.05) is 27.7 Å². The lowest BCUT2D eigenvalue weighted by Gasteiger charge is -2.26. The Balaban J connectivity index is 0.00000121. The SMILES string of the molecule is CC.CC.COc1ccc(C(=O)Nc2cnccc2C(=O)NCCN2CCOCC2)cc1. The van der Waals surface area contributed by atoms with Crippen LogP contribution in [0.15, 0.2) is 42.7 Å². The third-order valence-corrected chi connectivity index (χ3v) is 4.48. The number of methoxy groups -OCH3 is 1. The Bertz CT molecular complexity index is 806. The van der Waals surface area contributed by atoms with Crippen LogP contribution in [0.2, 0.25) is 0 Å². The van der Waals surface area contributed by atoms with E-state index in [2.05, 4.69) is 20.5 Å². The summed E-state index contributed by atoms with van der Waals surface area (Å²) in [5.74, 6) is 0.0944. The van der Waals surface area contributed by atoms with Gasteiger partial charge in [0.15, 0.2) is 0 Å². The van der Waals surface area contributed by atoms with Gasteiger partial charge in [-0.15, -0.1) is 0 Å². The first-order valence-corrected chi connectivity index (χ1v) is 11.1. The van der Waals surface area contributed by atoms with E-state index in [0.29, 0.717) is 29.1 Å². The fourth-order valence-electron chi connectivity index (χ4n) is 2.88. The van der Waals surface area contributed by atoms with Crippen molar-refractivity contribution in [3.63, 3.8) is 0 Å². The number of hydrogen-bond acceptors (Lipinski definition) is 6. The number of anilines is 1. The van der Waals surface area contributed by atoms with Crippen molar-refractivity contribution in [2.24, 2.45) is 0 Å². The zero-order valence-electron chi connectivity index (χ0n) is 19.8. The molecule has 0 saturated carbocycles. The number of carbonyl (C=O) groups is 2. The summed E-state index contributed by atoms with van der Waals surface area (Å²) in [6.45, 7) is 12.5. The summed E-state index contributed by atoms with van der Waals surface area (Å²) in [6, 6.07) is 8.32. The van der Waals surface area contributed by atoms with Crippen molar-refractivity contribution in [3.8, 4) is 5.75 Å². The maximum atomic E-state index is 12.6. The number of ether oxygens (including phenoxy) is 2. The number of amides is 2. The Morgan fingerprint density at radius 2 is 1.69 bits per heavy atom. The summed E-state index contributed by atoms with van der Waals surface area (Å²) < 4.78 is 10.4. The lowest BCUT2D eigenvalue weighted by Crippen LogP contribution is -2.41. The summed E-state index contributed by atoms with van der Waals surface area (Å²) in [5.41, 5.74) is 1.20. The molecule has 1 aromatic carbocycles. The van der Waals surface area contributed by atoms with Crippen molar-refractivity contribution in [1.82, 2.24) is 15.2 Å². The summed E-state index contributed by atoms with van der Waals surface area (Å²) in [6.07, 6.45) is 3.00. The van der Waals surface area contributed by atoms with Crippen molar-refractivity contribution < 1.29 is 19.1 Å². The number of aromatic nitrogens is 1. The molecular formula is C24H36N4O4. The molecule has 0 spiro atoms. The predicted octanol–water partition coefficient (Wildman–Crippen LogP) is 3.46. The van der Waals surface area contributed by atoms with Crippen molar-refractivity contribution in [2.45, 2.75) is 27.7 Å². The zero-order chi connectivity index (χ0) is 23.8. The molecular weight excluding hydrogens is 408 g/mol. The maximum Gasteiger partial charge on any atom is 0.255 e. The molecule has 1 aliphatic rings. The van der Waals surface area contributed by atoms with Crippen molar-refractivity contribution in [3.05, 3.63) is 53.9 Å². The largest absolute Gasteiger partial charge is 0.497 e. The number of pyridine rings is 1. The summed E-state index contributed by atoms with van der Waals surface area (Å²) >= 11 is 0. The van der Waals surface area contributed by atoms with Crippen LogP contribution in [0.4, 0.5) is 5.69 Å². The Morgan fingerprint density at radius 3 is 2.31 bits per heavy atom. The van der Waals surface area contributed by atoms with Gasteiger partial charge < -0.3 is 20.1 Å². The van der Waals surface area contributed by atoms with E-state index >= 15 is 0 Å². The van der Waals surface area contributed by atoms with Gasteiger partial charge in [-0.05, 0) is 30.3 Å². The molecule has 8 nitrogen and oxygen atoms in total. The molecule has 1 saturated heterocycles. The standard InChI is InChI=1S/C20H24N4O4.2C2H6/c1-27-16-4-2-15(3-5-16)19(25)23-18-14-21-7-6-17(18)20(26)22-8-9-24-10-12-28-13-11-24;2*1-2/h2-7,14H,8-13H2,1H3,(H,22,26)(H,23,25);2*1-2H3. The second-order valence-corrected chi connectivity index (χ2v) is 6.31. The summed E-state index contributed by atoms with van der Waals surface area (Å²) in [7, 11) is 1.56. The molecule has 1 aromatic heterocycles. The Kier molecular flexibility index (Phi) is 13.3. The van der Waals surface area contributed by atoms with Crippen LogP contribution in [-0.2, 0) is 4.74 Å². The number of morpholine rings is 1. The Morgan fingerprint density at radius 1 is 1.03 bits per heavy atom. The van der Waals surface area contributed by atoms with Crippen LogP contribution in [0.25, 0.3) is 0 Å². The molecule has 0 unspecified atom stereocenters. The topological polar surface area (TPSA) is 92.8 Å². The number of nitrogens with one attached hydrogen (secondary N) is 2. The highest BCUT2D eigenvalue weighted by Gasteiger charge is 2.15. The highest BCUT2D eigenvalue weighted by molar-refractivity contribution is 6.08. The van der Waals surface area contributed by atoms with Gasteiger partial charge in [-0.2, -0.15) is 0 Å². The number of rotatable bonds is 7. The lowest BCUT2D eigenvalue weighted by atomic mass is 10.1. The molecule has 1 aliphatic heterocycles. The minimum Gasteiger partial charge on any atom is -0.497 e. The summed E-state index contributed by atoms with van der Waals surface area (Å²) in [5, 5.41) is 5.65. The van der Waals surface area contributed by atoms with Gasteiger partial charge >= 0.3 is 0 Å². The van der Waals surface area contributed by atoms with E-state index in [9.17, 15) is 9.59 Å². The average molecular weight is 445 g/mol. The van der Waals surface area contributed by atoms with E-state index in [1.165, 1.54) is 12.4 Å². The van der Waals surface area contributed by atoms with Gasteiger partial charge in [0.05, 0.1) is 37.8 Å². The molecule has 32 heavy (non-hydrogen) atoms. The first-order valence-electron chi connectivity index (χ1n) is 11.1. The van der Waals surface area contributed by atoms with Crippen molar-refractivity contribution >= 4 is 17.5 Å². The monoisotopic (exact) mass is 444 g/mol. The van der Waals surface area contributed by atoms with Crippen LogP contribution < -0.4 is 15.4 Å². The van der Waals surface area contributed by atoms with Crippen molar-refractivity contribution in [1.29, 1.82) is 0 Å². The number of nitrogens with zero attached hydrogens (tertiary/aromatic N) is 2. The molecule has 8 heteroatoms. The van der Waals surface area contributed by atoms with Crippen LogP contribution in [0.1, 0.15) is 48.4 Å². The average Bonchev–Trinajstić information content (AvgIpc) is 2.87. The number of carbonyl (C=O) groups excluding carboxylic acids is 2. The van der Waals surface area contributed by atoms with Crippen LogP contribution in [-0.4, -0.2) is 68.2 Å². The second kappa shape index (κ2) is 15.8. The number of hydrogen-bond donors (Lipinski definition) is 2. The molecule has 2 heterocycles. The van der Waals surface area contributed by atoms with E-state index < -0.39 is 0 Å². The fourth-order valence-corrected chi connectivity index (χ4v) is 2.88. The normalized spacial score (nSPS) is 12.9. The van der Waals surface area contributed by atoms with E-state index in [1.807, 2.05) is 27.7 Å². The van der Waals surface area contributed by atoms with E-state index in [4.69, 9.17) is 9.47 Å². The minimum absolute atomic E-state index is 0.249. The smallest absolute Gasteiger partial charge is 0.255 e. The predicted molar refractivity (Wildman–Crippen MR) is 127 cm³/mol. The van der Waals surface area contributed by atoms with Crippen LogP contribution in [0.5, 0.6) is 5.75 Å². The lowest BCUT2D eigenvalue weighted by molar-refractivity contribution is 0.0383. The van der Waals surface area contributed by atoms with Crippen LogP contribution >= 0.6 is 0 Å². The fraction of sp³-hybridized carbons (Fsp3) is 0.458. The highest BCUT2D eigenvalue weighted by atomic mass is 16.5. The quantitative estimate of drug-likeness (QED) is 0.679. The third kappa shape index (κ3) is 8.64. The Labute approximate surface area is 191 Å². The molecule has 0 atom stereocenters. The molecule has 2 aromatic rings. The molecule has 2 amide bonds. The van der Waals surface area contributed by atoms with Crippen molar-refractivity contribution in [2.75, 3.05) is 51.8 Å². The summed E-state index contributed by atoms with van der Waals surface area (Å²) in [4.78, 5) is 31.3. The molecule has 2 N–H and O–H groups in total. The first kappa shape index (κ1) is 27.1. The highest BCUT2D eigenvalue weighted by Crippen LogP contribution is 2.16. The molecule has 0 radical (unpaired) electrons. The van der Waals surface area contributed by atoms with Gasteiger partial charge in [0.25, 0.3) is 11.8 Å². The molecule has 176 valence electrons. The van der Waals surface area contributed by atoms with Crippen LogP contribution in [0, 0.1) is 0 Å². The van der Waals surface area contributed by atoms with Gasteiger partial charge in [0.2, 0.25) is 0 Å². The molecule has 0 aliphatic carbocycles. The van der Waals surface area contributed by atoms with E-state index in [1.54, 1.807) is 37.4 Å². The van der Waals surface area contributed by atoms with Gasteiger partial charge in [-0.3, -0.25) is 19.5 Å². The Hall–Kier alpha value is -2.97. The number of benzene rings is 1. The third-order valence-electron chi connectivity index (χ3n) is 4.48. The van der Waals surface area contributed by atoms with E-state index in [0.717, 1.165) is 32.8 Å². The molecule has 1 fully saturated rings. The van der Waals surface area contributed by atoms with Gasteiger partial charge in [0, 0.05) is 37.9 Å². The van der Waals surface area contributed by atoms with Gasteiger partial charge in [-0.25, -0.2) is 0 Å². The second-order valence-electron chi connectivity index (χ2n) is 6.31.